The van der Waals surface area contributed by atoms with Crippen molar-refractivity contribution in [3.05, 3.63) is 53.3 Å². The minimum atomic E-state index is -0.195. The molecule has 3 heterocycles. The lowest BCUT2D eigenvalue weighted by Crippen LogP contribution is -2.48. The molecule has 0 spiro atoms. The third-order valence-electron chi connectivity index (χ3n) is 5.64. The highest BCUT2D eigenvalue weighted by Crippen LogP contribution is 2.23. The summed E-state index contributed by atoms with van der Waals surface area (Å²) in [6.45, 7) is 3.24. The van der Waals surface area contributed by atoms with Crippen LogP contribution in [-0.4, -0.2) is 77.2 Å². The van der Waals surface area contributed by atoms with Gasteiger partial charge in [-0.1, -0.05) is 12.1 Å². The Kier molecular flexibility index (Phi) is 8.24. The number of aliphatic imine (C=N–C) groups is 1. The van der Waals surface area contributed by atoms with E-state index < -0.39 is 0 Å². The Morgan fingerprint density at radius 2 is 1.94 bits per heavy atom. The molecule has 2 aliphatic rings. The molecule has 9 nitrogen and oxygen atoms in total. The molecule has 172 valence electrons. The number of benzene rings is 1. The van der Waals surface area contributed by atoms with Gasteiger partial charge in [0, 0.05) is 45.5 Å². The number of carbonyl (C=O) groups excluding carboxylic acids is 2. The van der Waals surface area contributed by atoms with Crippen molar-refractivity contribution in [1.82, 2.24) is 24.9 Å². The zero-order valence-corrected chi connectivity index (χ0v) is 20.7. The van der Waals surface area contributed by atoms with Gasteiger partial charge < -0.3 is 15.0 Å². The van der Waals surface area contributed by atoms with Crippen molar-refractivity contribution in [2.45, 2.75) is 18.9 Å². The SMILES string of the molecule is CN=C(NCCCCN1C(=O)c2ccccc2C1=O)N1CCOC(c2cnn(C)c2)C1.I. The van der Waals surface area contributed by atoms with Gasteiger partial charge in [-0.05, 0) is 25.0 Å². The van der Waals surface area contributed by atoms with Crippen LogP contribution in [0.15, 0.2) is 41.7 Å². The number of fused-ring (bicyclic) bond motifs is 1. The van der Waals surface area contributed by atoms with Gasteiger partial charge >= 0.3 is 0 Å². The lowest BCUT2D eigenvalue weighted by atomic mass is 10.1. The average Bonchev–Trinajstić information content (AvgIpc) is 3.33. The van der Waals surface area contributed by atoms with E-state index >= 15 is 0 Å². The summed E-state index contributed by atoms with van der Waals surface area (Å²) in [7, 11) is 3.67. The minimum absolute atomic E-state index is 0. The van der Waals surface area contributed by atoms with E-state index in [1.807, 2.05) is 19.4 Å². The number of guanidine groups is 1. The van der Waals surface area contributed by atoms with Crippen LogP contribution in [-0.2, 0) is 11.8 Å². The summed E-state index contributed by atoms with van der Waals surface area (Å²) in [6.07, 6.45) is 5.34. The van der Waals surface area contributed by atoms with Crippen LogP contribution in [0.5, 0.6) is 0 Å². The number of halogens is 1. The molecule has 2 aromatic rings. The second-order valence-electron chi connectivity index (χ2n) is 7.74. The van der Waals surface area contributed by atoms with Gasteiger partial charge in [0.25, 0.3) is 11.8 Å². The Bertz CT molecular complexity index is 957. The van der Waals surface area contributed by atoms with E-state index in [2.05, 4.69) is 20.3 Å². The number of carbonyl (C=O) groups is 2. The summed E-state index contributed by atoms with van der Waals surface area (Å²) in [5.41, 5.74) is 2.06. The molecule has 0 radical (unpaired) electrons. The van der Waals surface area contributed by atoms with Crippen molar-refractivity contribution < 1.29 is 14.3 Å². The van der Waals surface area contributed by atoms with Gasteiger partial charge in [0.1, 0.15) is 6.10 Å². The monoisotopic (exact) mass is 552 g/mol. The van der Waals surface area contributed by atoms with Gasteiger partial charge in [-0.15, -0.1) is 24.0 Å². The van der Waals surface area contributed by atoms with Gasteiger partial charge in [0.15, 0.2) is 5.96 Å². The van der Waals surface area contributed by atoms with E-state index in [9.17, 15) is 9.59 Å². The van der Waals surface area contributed by atoms with Crippen molar-refractivity contribution in [1.29, 1.82) is 0 Å². The highest BCUT2D eigenvalue weighted by Gasteiger charge is 2.34. The van der Waals surface area contributed by atoms with Crippen LogP contribution < -0.4 is 5.32 Å². The van der Waals surface area contributed by atoms with E-state index in [4.69, 9.17) is 4.74 Å². The molecule has 1 aromatic heterocycles. The second-order valence-corrected chi connectivity index (χ2v) is 7.74. The molecule has 0 aliphatic carbocycles. The van der Waals surface area contributed by atoms with E-state index in [0.717, 1.165) is 30.9 Å². The van der Waals surface area contributed by atoms with E-state index in [1.54, 1.807) is 36.0 Å². The second kappa shape index (κ2) is 10.9. The molecule has 1 unspecified atom stereocenters. The van der Waals surface area contributed by atoms with Crippen molar-refractivity contribution in [2.24, 2.45) is 12.0 Å². The molecule has 2 amide bonds. The molecule has 1 fully saturated rings. The number of aromatic nitrogens is 2. The fourth-order valence-electron chi connectivity index (χ4n) is 4.02. The molecular weight excluding hydrogens is 523 g/mol. The van der Waals surface area contributed by atoms with Crippen LogP contribution in [0.4, 0.5) is 0 Å². The number of aryl methyl sites for hydroxylation is 1. The third-order valence-corrected chi connectivity index (χ3v) is 5.64. The van der Waals surface area contributed by atoms with Crippen LogP contribution >= 0.6 is 24.0 Å². The summed E-state index contributed by atoms with van der Waals surface area (Å²) >= 11 is 0. The number of ether oxygens (including phenoxy) is 1. The van der Waals surface area contributed by atoms with E-state index in [0.29, 0.717) is 37.4 Å². The maximum atomic E-state index is 12.4. The van der Waals surface area contributed by atoms with Gasteiger partial charge in [0.05, 0.1) is 30.5 Å². The minimum Gasteiger partial charge on any atom is -0.370 e. The quantitative estimate of drug-likeness (QED) is 0.194. The lowest BCUT2D eigenvalue weighted by molar-refractivity contribution is -0.00802. The summed E-state index contributed by atoms with van der Waals surface area (Å²) in [6, 6.07) is 6.99. The smallest absolute Gasteiger partial charge is 0.261 e. The molecule has 10 heteroatoms. The predicted molar refractivity (Wildman–Crippen MR) is 131 cm³/mol. The topological polar surface area (TPSA) is 92.1 Å². The number of nitrogens with zero attached hydrogens (tertiary/aromatic N) is 5. The van der Waals surface area contributed by atoms with Crippen LogP contribution in [0.2, 0.25) is 0 Å². The van der Waals surface area contributed by atoms with E-state index in [1.165, 1.54) is 4.90 Å². The van der Waals surface area contributed by atoms with Gasteiger partial charge in [-0.2, -0.15) is 5.10 Å². The first kappa shape index (κ1) is 24.2. The number of nitrogens with one attached hydrogen (secondary N) is 1. The zero-order valence-electron chi connectivity index (χ0n) is 18.4. The Labute approximate surface area is 204 Å². The number of imide groups is 1. The molecule has 1 aromatic carbocycles. The predicted octanol–water partition coefficient (Wildman–Crippen LogP) is 2.06. The zero-order chi connectivity index (χ0) is 21.8. The van der Waals surface area contributed by atoms with Crippen molar-refractivity contribution in [3.8, 4) is 0 Å². The first-order valence-corrected chi connectivity index (χ1v) is 10.6. The summed E-state index contributed by atoms with van der Waals surface area (Å²) in [5.74, 6) is 0.441. The molecule has 0 saturated carbocycles. The van der Waals surface area contributed by atoms with Crippen molar-refractivity contribution in [3.63, 3.8) is 0 Å². The lowest BCUT2D eigenvalue weighted by Gasteiger charge is -2.34. The van der Waals surface area contributed by atoms with Gasteiger partial charge in [-0.25, -0.2) is 0 Å². The highest BCUT2D eigenvalue weighted by atomic mass is 127. The molecule has 32 heavy (non-hydrogen) atoms. The van der Waals surface area contributed by atoms with Crippen molar-refractivity contribution in [2.75, 3.05) is 39.8 Å². The van der Waals surface area contributed by atoms with E-state index in [-0.39, 0.29) is 41.9 Å². The molecule has 0 bridgehead atoms. The number of morpholine rings is 1. The van der Waals surface area contributed by atoms with Crippen LogP contribution in [0.3, 0.4) is 0 Å². The molecule has 2 aliphatic heterocycles. The summed E-state index contributed by atoms with van der Waals surface area (Å²) < 4.78 is 7.68. The molecule has 1 N–H and O–H groups in total. The van der Waals surface area contributed by atoms with Gasteiger partial charge in [0.2, 0.25) is 0 Å². The molecule has 1 atom stereocenters. The number of amides is 2. The normalized spacial score (nSPS) is 18.6. The Balaban J connectivity index is 0.00000289. The number of hydrogen-bond acceptors (Lipinski definition) is 5. The highest BCUT2D eigenvalue weighted by molar-refractivity contribution is 14.0. The molecule has 1 saturated heterocycles. The Morgan fingerprint density at radius 1 is 1.22 bits per heavy atom. The molecule has 4 rings (SSSR count). The van der Waals surface area contributed by atoms with Crippen LogP contribution in [0, 0.1) is 0 Å². The van der Waals surface area contributed by atoms with Crippen molar-refractivity contribution >= 4 is 41.8 Å². The summed E-state index contributed by atoms with van der Waals surface area (Å²) in [5, 5.41) is 7.62. The standard InChI is InChI=1S/C22H28N6O3.HI/c1-23-22(27-11-12-31-19(15-27)16-13-25-26(2)14-16)24-9-5-6-10-28-20(29)17-7-3-4-8-18(17)21(28)30;/h3-4,7-8,13-14,19H,5-6,9-12,15H2,1-2H3,(H,23,24);1H. The summed E-state index contributed by atoms with van der Waals surface area (Å²) in [4.78, 5) is 32.8. The fourth-order valence-corrected chi connectivity index (χ4v) is 4.02. The first-order valence-electron chi connectivity index (χ1n) is 10.6. The maximum absolute atomic E-state index is 12.4. The number of rotatable bonds is 6. The number of unbranched alkanes of at least 4 members (excludes halogenated alkanes) is 1. The third kappa shape index (κ3) is 5.12. The van der Waals surface area contributed by atoms with Crippen LogP contribution in [0.25, 0.3) is 0 Å². The average molecular weight is 552 g/mol. The Morgan fingerprint density at radius 3 is 2.56 bits per heavy atom. The largest absolute Gasteiger partial charge is 0.370 e. The number of hydrogen-bond donors (Lipinski definition) is 1. The maximum Gasteiger partial charge on any atom is 0.261 e. The molecular formula is C22H29IN6O3. The van der Waals surface area contributed by atoms with Crippen LogP contribution in [0.1, 0.15) is 45.2 Å². The Hall–Kier alpha value is -2.47. The first-order chi connectivity index (χ1) is 15.1. The van der Waals surface area contributed by atoms with Gasteiger partial charge in [-0.3, -0.25) is 24.2 Å². The fraction of sp³-hybridized carbons (Fsp3) is 0.455.